The zero-order chi connectivity index (χ0) is 22.3. The second-order valence-corrected chi connectivity index (χ2v) is 6.75. The van der Waals surface area contributed by atoms with Gasteiger partial charge in [-0.1, -0.05) is 24.3 Å². The molecule has 8 heteroatoms. The largest absolute Gasteiger partial charge is 0.497 e. The third-order valence-electron chi connectivity index (χ3n) is 4.28. The Hall–Kier alpha value is -3.26. The Morgan fingerprint density at radius 1 is 1.06 bits per heavy atom. The number of methoxy groups -OCH3 is 1. The summed E-state index contributed by atoms with van der Waals surface area (Å²) in [5.41, 5.74) is 7.21. The monoisotopic (exact) mass is 428 g/mol. The van der Waals surface area contributed by atoms with Crippen LogP contribution in [0.5, 0.6) is 11.5 Å². The molecule has 2 rings (SSSR count). The van der Waals surface area contributed by atoms with Gasteiger partial charge in [-0.15, -0.1) is 0 Å². The van der Waals surface area contributed by atoms with Crippen molar-refractivity contribution in [1.29, 1.82) is 0 Å². The molecule has 8 nitrogen and oxygen atoms in total. The number of amides is 1. The Morgan fingerprint density at radius 2 is 1.87 bits per heavy atom. The minimum absolute atomic E-state index is 0.150. The molecule has 0 aliphatic heterocycles. The van der Waals surface area contributed by atoms with Crippen molar-refractivity contribution in [2.75, 3.05) is 33.5 Å². The highest BCUT2D eigenvalue weighted by Crippen LogP contribution is 2.14. The SMILES string of the molecule is CCOCCCNC(=NCc1cccc(OCC(N)=O)c1)NCc1ccc(OC)cc1. The zero-order valence-corrected chi connectivity index (χ0v) is 18.2. The van der Waals surface area contributed by atoms with Gasteiger partial charge >= 0.3 is 0 Å². The molecule has 1 amide bonds. The molecule has 0 atom stereocenters. The summed E-state index contributed by atoms with van der Waals surface area (Å²) >= 11 is 0. The van der Waals surface area contributed by atoms with E-state index < -0.39 is 5.91 Å². The van der Waals surface area contributed by atoms with E-state index in [9.17, 15) is 4.79 Å². The summed E-state index contributed by atoms with van der Waals surface area (Å²) in [6, 6.07) is 15.3. The third kappa shape index (κ3) is 9.86. The van der Waals surface area contributed by atoms with E-state index in [-0.39, 0.29) is 6.61 Å². The van der Waals surface area contributed by atoms with Crippen molar-refractivity contribution in [2.45, 2.75) is 26.4 Å². The number of primary amides is 1. The summed E-state index contributed by atoms with van der Waals surface area (Å²) in [5.74, 6) is 1.61. The van der Waals surface area contributed by atoms with Crippen molar-refractivity contribution in [3.05, 3.63) is 59.7 Å². The van der Waals surface area contributed by atoms with Crippen molar-refractivity contribution >= 4 is 11.9 Å². The van der Waals surface area contributed by atoms with Gasteiger partial charge in [-0.2, -0.15) is 0 Å². The topological polar surface area (TPSA) is 107 Å². The lowest BCUT2D eigenvalue weighted by atomic mass is 10.2. The third-order valence-corrected chi connectivity index (χ3v) is 4.28. The Bertz CT molecular complexity index is 825. The number of nitrogens with two attached hydrogens (primary N) is 1. The maximum atomic E-state index is 10.9. The minimum Gasteiger partial charge on any atom is -0.497 e. The molecule has 2 aromatic rings. The van der Waals surface area contributed by atoms with Gasteiger partial charge < -0.3 is 30.6 Å². The standard InChI is InChI=1S/C23H32N4O4/c1-3-30-13-5-12-25-23(26-15-18-8-10-20(29-2)11-9-18)27-16-19-6-4-7-21(14-19)31-17-22(24)28/h4,6-11,14H,3,5,12-13,15-17H2,1-2H3,(H2,24,28)(H2,25,26,27). The van der Waals surface area contributed by atoms with Crippen LogP contribution < -0.4 is 25.8 Å². The van der Waals surface area contributed by atoms with E-state index in [1.54, 1.807) is 13.2 Å². The van der Waals surface area contributed by atoms with Crippen LogP contribution in [0.15, 0.2) is 53.5 Å². The molecular formula is C23H32N4O4. The van der Waals surface area contributed by atoms with Crippen LogP contribution in [0, 0.1) is 0 Å². The van der Waals surface area contributed by atoms with Gasteiger partial charge in [-0.25, -0.2) is 4.99 Å². The predicted molar refractivity (Wildman–Crippen MR) is 121 cm³/mol. The molecule has 0 spiro atoms. The molecule has 0 bridgehead atoms. The summed E-state index contributed by atoms with van der Waals surface area (Å²) in [5, 5.41) is 6.69. The molecule has 0 aliphatic rings. The Labute approximate surface area is 183 Å². The lowest BCUT2D eigenvalue weighted by Gasteiger charge is -2.13. The van der Waals surface area contributed by atoms with Gasteiger partial charge in [0.1, 0.15) is 11.5 Å². The molecule has 0 saturated carbocycles. The number of aliphatic imine (C=N–C) groups is 1. The van der Waals surface area contributed by atoms with Crippen LogP contribution in [0.3, 0.4) is 0 Å². The Balaban J connectivity index is 1.97. The minimum atomic E-state index is -0.510. The first-order valence-corrected chi connectivity index (χ1v) is 10.3. The number of hydrogen-bond donors (Lipinski definition) is 3. The molecule has 2 aromatic carbocycles. The van der Waals surface area contributed by atoms with Gasteiger partial charge in [0, 0.05) is 26.3 Å². The maximum Gasteiger partial charge on any atom is 0.255 e. The second kappa shape index (κ2) is 13.9. The molecule has 4 N–H and O–H groups in total. The van der Waals surface area contributed by atoms with Crippen LogP contribution in [0.25, 0.3) is 0 Å². The fraction of sp³-hybridized carbons (Fsp3) is 0.391. The van der Waals surface area contributed by atoms with E-state index in [0.29, 0.717) is 38.0 Å². The highest BCUT2D eigenvalue weighted by atomic mass is 16.5. The smallest absolute Gasteiger partial charge is 0.255 e. The number of carbonyl (C=O) groups is 1. The average Bonchev–Trinajstić information content (AvgIpc) is 2.79. The number of benzene rings is 2. The number of hydrogen-bond acceptors (Lipinski definition) is 5. The molecule has 0 heterocycles. The number of nitrogens with zero attached hydrogens (tertiary/aromatic N) is 1. The van der Waals surface area contributed by atoms with Crippen molar-refractivity contribution in [1.82, 2.24) is 10.6 Å². The molecule has 0 aromatic heterocycles. The van der Waals surface area contributed by atoms with E-state index in [1.807, 2.05) is 49.4 Å². The van der Waals surface area contributed by atoms with Crippen LogP contribution in [0.1, 0.15) is 24.5 Å². The first-order chi connectivity index (χ1) is 15.1. The average molecular weight is 429 g/mol. The fourth-order valence-electron chi connectivity index (χ4n) is 2.69. The first kappa shape index (κ1) is 24.0. The summed E-state index contributed by atoms with van der Waals surface area (Å²) in [7, 11) is 1.65. The highest BCUT2D eigenvalue weighted by Gasteiger charge is 2.03. The van der Waals surface area contributed by atoms with Crippen LogP contribution in [-0.4, -0.2) is 45.3 Å². The van der Waals surface area contributed by atoms with Crippen LogP contribution in [0.2, 0.25) is 0 Å². The fourth-order valence-corrected chi connectivity index (χ4v) is 2.69. The quantitative estimate of drug-likeness (QED) is 0.257. The summed E-state index contributed by atoms with van der Waals surface area (Å²) in [4.78, 5) is 15.6. The number of nitrogens with one attached hydrogen (secondary N) is 2. The molecule has 0 aliphatic carbocycles. The zero-order valence-electron chi connectivity index (χ0n) is 18.2. The second-order valence-electron chi connectivity index (χ2n) is 6.75. The first-order valence-electron chi connectivity index (χ1n) is 10.3. The van der Waals surface area contributed by atoms with Crippen LogP contribution >= 0.6 is 0 Å². The molecule has 168 valence electrons. The van der Waals surface area contributed by atoms with E-state index in [4.69, 9.17) is 19.9 Å². The summed E-state index contributed by atoms with van der Waals surface area (Å²) < 4.78 is 16.0. The highest BCUT2D eigenvalue weighted by molar-refractivity contribution is 5.79. The van der Waals surface area contributed by atoms with E-state index >= 15 is 0 Å². The van der Waals surface area contributed by atoms with Gasteiger partial charge in [0.2, 0.25) is 0 Å². The lowest BCUT2D eigenvalue weighted by Crippen LogP contribution is -2.37. The van der Waals surface area contributed by atoms with Crippen molar-refractivity contribution < 1.29 is 19.0 Å². The maximum absolute atomic E-state index is 10.9. The number of guanidine groups is 1. The van der Waals surface area contributed by atoms with Gasteiger partial charge in [-0.05, 0) is 48.7 Å². The van der Waals surface area contributed by atoms with E-state index in [2.05, 4.69) is 15.6 Å². The van der Waals surface area contributed by atoms with Crippen molar-refractivity contribution in [3.63, 3.8) is 0 Å². The predicted octanol–water partition coefficient (Wildman–Crippen LogP) is 2.22. The molecular weight excluding hydrogens is 396 g/mol. The van der Waals surface area contributed by atoms with Gasteiger partial charge in [-0.3, -0.25) is 4.79 Å². The molecule has 0 radical (unpaired) electrons. The van der Waals surface area contributed by atoms with E-state index in [1.165, 1.54) is 0 Å². The normalized spacial score (nSPS) is 11.1. The lowest BCUT2D eigenvalue weighted by molar-refractivity contribution is -0.119. The number of carbonyl (C=O) groups excluding carboxylic acids is 1. The van der Waals surface area contributed by atoms with Crippen LogP contribution in [0.4, 0.5) is 0 Å². The van der Waals surface area contributed by atoms with E-state index in [0.717, 1.165) is 29.8 Å². The van der Waals surface area contributed by atoms with Gasteiger partial charge in [0.05, 0.1) is 13.7 Å². The van der Waals surface area contributed by atoms with Crippen molar-refractivity contribution in [3.8, 4) is 11.5 Å². The molecule has 0 saturated heterocycles. The number of ether oxygens (including phenoxy) is 3. The van der Waals surface area contributed by atoms with Crippen molar-refractivity contribution in [2.24, 2.45) is 10.7 Å². The van der Waals surface area contributed by atoms with Gasteiger partial charge in [0.25, 0.3) is 5.91 Å². The Morgan fingerprint density at radius 3 is 2.58 bits per heavy atom. The molecule has 0 fully saturated rings. The summed E-state index contributed by atoms with van der Waals surface area (Å²) in [6.45, 7) is 5.08. The van der Waals surface area contributed by atoms with Crippen LogP contribution in [-0.2, 0) is 22.6 Å². The molecule has 31 heavy (non-hydrogen) atoms. The molecule has 0 unspecified atom stereocenters. The Kier molecular flexibility index (Phi) is 10.7. The summed E-state index contributed by atoms with van der Waals surface area (Å²) in [6.07, 6.45) is 0.882. The number of rotatable bonds is 13. The van der Waals surface area contributed by atoms with Gasteiger partial charge in [0.15, 0.2) is 12.6 Å².